The Hall–Kier alpha value is -1.60. The van der Waals surface area contributed by atoms with Gasteiger partial charge < -0.3 is 0 Å². The highest BCUT2D eigenvalue weighted by Crippen LogP contribution is 2.41. The predicted molar refractivity (Wildman–Crippen MR) is 138 cm³/mol. The van der Waals surface area contributed by atoms with E-state index in [0.29, 0.717) is 11.6 Å². The van der Waals surface area contributed by atoms with E-state index in [1.807, 2.05) is 42.5 Å². The summed E-state index contributed by atoms with van der Waals surface area (Å²) in [4.78, 5) is 0. The molecule has 0 spiro atoms. The number of hydrogen-bond donors (Lipinski definition) is 2. The molecule has 2 aliphatic heterocycles. The standard InChI is InChI=1S/C21H25ClN4O4S3/c1-31-21(24-33(29,30)25-11-13-32(27,28)14-12-25)26-15-19(16-5-3-2-4-6-16)20(23-26)17-7-9-18(22)10-8-17/h2-10,19,27-28H,11-15H2,1H3. The van der Waals surface area contributed by atoms with Crippen LogP contribution >= 0.6 is 34.0 Å². The number of rotatable bonds is 4. The molecule has 1 saturated heterocycles. The van der Waals surface area contributed by atoms with Crippen LogP contribution in [0.1, 0.15) is 17.0 Å². The Balaban J connectivity index is 1.65. The van der Waals surface area contributed by atoms with Crippen LogP contribution in [0.15, 0.2) is 64.1 Å². The van der Waals surface area contributed by atoms with Gasteiger partial charge in [-0.15, -0.1) is 4.40 Å². The molecule has 4 rings (SSSR count). The van der Waals surface area contributed by atoms with Gasteiger partial charge in [0.25, 0.3) is 0 Å². The lowest BCUT2D eigenvalue weighted by molar-refractivity contribution is 0.402. The summed E-state index contributed by atoms with van der Waals surface area (Å²) in [5.74, 6) is -0.0280. The summed E-state index contributed by atoms with van der Waals surface area (Å²) in [6.45, 7) is 0.501. The van der Waals surface area contributed by atoms with Gasteiger partial charge in [-0.3, -0.25) is 9.11 Å². The van der Waals surface area contributed by atoms with E-state index in [9.17, 15) is 17.5 Å². The van der Waals surface area contributed by atoms with E-state index in [1.54, 1.807) is 23.4 Å². The summed E-state index contributed by atoms with van der Waals surface area (Å²) in [7, 11) is -6.69. The molecular weight excluding hydrogens is 504 g/mol. The van der Waals surface area contributed by atoms with Crippen molar-refractivity contribution in [2.24, 2.45) is 9.50 Å². The summed E-state index contributed by atoms with van der Waals surface area (Å²) in [5.41, 5.74) is 2.78. The van der Waals surface area contributed by atoms with Crippen molar-refractivity contribution >= 4 is 55.0 Å². The molecule has 2 N–H and O–H groups in total. The van der Waals surface area contributed by atoms with Crippen molar-refractivity contribution in [3.05, 3.63) is 70.7 Å². The van der Waals surface area contributed by atoms with Gasteiger partial charge in [0.05, 0.1) is 23.8 Å². The molecule has 1 atom stereocenters. The topological polar surface area (TPSA) is 106 Å². The molecule has 0 amide bonds. The zero-order valence-corrected chi connectivity index (χ0v) is 21.1. The molecule has 2 heterocycles. The highest BCUT2D eigenvalue weighted by Gasteiger charge is 2.34. The predicted octanol–water partition coefficient (Wildman–Crippen LogP) is 4.17. The lowest BCUT2D eigenvalue weighted by Gasteiger charge is -2.39. The van der Waals surface area contributed by atoms with Crippen LogP contribution in [0.2, 0.25) is 5.02 Å². The third kappa shape index (κ3) is 5.73. The lowest BCUT2D eigenvalue weighted by atomic mass is 9.91. The quantitative estimate of drug-likeness (QED) is 0.455. The van der Waals surface area contributed by atoms with Gasteiger partial charge in [-0.1, -0.05) is 65.8 Å². The molecule has 1 unspecified atom stereocenters. The molecule has 1 fully saturated rings. The number of thioether (sulfide) groups is 1. The second-order valence-electron chi connectivity index (χ2n) is 7.70. The molecular formula is C21H25ClN4O4S3. The highest BCUT2D eigenvalue weighted by molar-refractivity contribution is 8.24. The van der Waals surface area contributed by atoms with Crippen molar-refractivity contribution in [3.8, 4) is 0 Å². The third-order valence-corrected chi connectivity index (χ3v) is 9.64. The van der Waals surface area contributed by atoms with Gasteiger partial charge in [-0.2, -0.15) is 28.4 Å². The van der Waals surface area contributed by atoms with E-state index in [0.717, 1.165) is 16.8 Å². The van der Waals surface area contributed by atoms with E-state index in [-0.39, 0.29) is 35.7 Å². The van der Waals surface area contributed by atoms with Gasteiger partial charge in [0.15, 0.2) is 5.17 Å². The second kappa shape index (κ2) is 9.95. The lowest BCUT2D eigenvalue weighted by Crippen LogP contribution is -2.41. The van der Waals surface area contributed by atoms with Crippen LogP contribution in [0.25, 0.3) is 0 Å². The van der Waals surface area contributed by atoms with Gasteiger partial charge in [0.2, 0.25) is 0 Å². The average Bonchev–Trinajstić information content (AvgIpc) is 3.23. The number of benzene rings is 2. The van der Waals surface area contributed by atoms with E-state index >= 15 is 0 Å². The molecule has 0 aromatic heterocycles. The normalized spacial score (nSPS) is 22.8. The summed E-state index contributed by atoms with van der Waals surface area (Å²) >= 11 is 7.27. The fourth-order valence-electron chi connectivity index (χ4n) is 3.74. The fourth-order valence-corrected chi connectivity index (χ4v) is 7.28. The number of nitrogens with zero attached hydrogens (tertiary/aromatic N) is 4. The highest BCUT2D eigenvalue weighted by atomic mass is 35.5. The number of hydrazone groups is 1. The van der Waals surface area contributed by atoms with Crippen molar-refractivity contribution in [2.45, 2.75) is 5.92 Å². The Morgan fingerprint density at radius 2 is 1.76 bits per heavy atom. The van der Waals surface area contributed by atoms with Gasteiger partial charge in [-0.25, -0.2) is 5.01 Å². The maximum absolute atomic E-state index is 12.9. The molecule has 178 valence electrons. The Morgan fingerprint density at radius 3 is 2.36 bits per heavy atom. The largest absolute Gasteiger partial charge is 0.324 e. The minimum Gasteiger partial charge on any atom is -0.299 e. The molecule has 2 aromatic carbocycles. The number of amidine groups is 1. The van der Waals surface area contributed by atoms with Crippen LogP contribution in [-0.2, 0) is 10.2 Å². The van der Waals surface area contributed by atoms with Gasteiger partial charge in [0.1, 0.15) is 0 Å². The van der Waals surface area contributed by atoms with Crippen molar-refractivity contribution in [1.29, 1.82) is 0 Å². The Kier molecular flexibility index (Phi) is 7.39. The van der Waals surface area contributed by atoms with Crippen molar-refractivity contribution < 1.29 is 17.5 Å². The number of halogens is 1. The number of hydrogen-bond acceptors (Lipinski definition) is 6. The third-order valence-electron chi connectivity index (χ3n) is 5.51. The molecule has 0 saturated carbocycles. The molecule has 2 aromatic rings. The summed E-state index contributed by atoms with van der Waals surface area (Å²) in [6.07, 6.45) is 1.76. The van der Waals surface area contributed by atoms with Crippen LogP contribution in [0.4, 0.5) is 0 Å². The fraction of sp³-hybridized carbons (Fsp3) is 0.333. The zero-order chi connectivity index (χ0) is 23.6. The average molecular weight is 529 g/mol. The minimum atomic E-state index is -3.99. The molecule has 2 aliphatic rings. The molecule has 0 radical (unpaired) electrons. The first-order valence-electron chi connectivity index (χ1n) is 10.2. The van der Waals surface area contributed by atoms with Crippen molar-refractivity contribution in [3.63, 3.8) is 0 Å². The SMILES string of the molecule is CSC(=NS(=O)(=O)N1CCS(O)(O)CC1)N1CC(c2ccccc2)C(c2ccc(Cl)cc2)=N1. The van der Waals surface area contributed by atoms with Crippen LogP contribution < -0.4 is 0 Å². The Bertz CT molecular complexity index is 1150. The summed E-state index contributed by atoms with van der Waals surface area (Å²) in [6, 6.07) is 17.3. The van der Waals surface area contributed by atoms with Crippen molar-refractivity contribution in [1.82, 2.24) is 9.31 Å². The van der Waals surface area contributed by atoms with Crippen LogP contribution in [-0.4, -0.2) is 75.1 Å². The Labute approximate surface area is 204 Å². The van der Waals surface area contributed by atoms with E-state index in [2.05, 4.69) is 4.40 Å². The Morgan fingerprint density at radius 1 is 1.12 bits per heavy atom. The van der Waals surface area contributed by atoms with Gasteiger partial charge in [0, 0.05) is 24.0 Å². The monoisotopic (exact) mass is 528 g/mol. The summed E-state index contributed by atoms with van der Waals surface area (Å²) in [5, 5.41) is 7.28. The van der Waals surface area contributed by atoms with Crippen LogP contribution in [0.5, 0.6) is 0 Å². The first kappa shape index (κ1) is 24.5. The van der Waals surface area contributed by atoms with Gasteiger partial charge in [-0.05, 0) is 29.5 Å². The maximum Gasteiger partial charge on any atom is 0.324 e. The van der Waals surface area contributed by atoms with Crippen LogP contribution in [0, 0.1) is 0 Å². The second-order valence-corrected chi connectivity index (χ2v) is 12.9. The molecule has 0 aliphatic carbocycles. The maximum atomic E-state index is 12.9. The molecule has 8 nitrogen and oxygen atoms in total. The minimum absolute atomic E-state index is 0.0228. The molecule has 33 heavy (non-hydrogen) atoms. The van der Waals surface area contributed by atoms with E-state index in [1.165, 1.54) is 16.1 Å². The van der Waals surface area contributed by atoms with Gasteiger partial charge >= 0.3 is 10.2 Å². The summed E-state index contributed by atoms with van der Waals surface area (Å²) < 4.78 is 50.7. The smallest absolute Gasteiger partial charge is 0.299 e. The zero-order valence-electron chi connectivity index (χ0n) is 17.9. The first-order valence-corrected chi connectivity index (χ1v) is 15.1. The first-order chi connectivity index (χ1) is 15.7. The van der Waals surface area contributed by atoms with E-state index < -0.39 is 20.8 Å². The van der Waals surface area contributed by atoms with Crippen LogP contribution in [0.3, 0.4) is 0 Å². The molecule has 0 bridgehead atoms. The van der Waals surface area contributed by atoms with Crippen molar-refractivity contribution in [2.75, 3.05) is 37.4 Å². The van der Waals surface area contributed by atoms with E-state index in [4.69, 9.17) is 16.7 Å². The molecule has 12 heteroatoms.